The number of phenolic OH excluding ortho intramolecular Hbond substituents is 1. The highest BCUT2D eigenvalue weighted by Gasteiger charge is 2.11. The van der Waals surface area contributed by atoms with Crippen LogP contribution in [-0.2, 0) is 12.8 Å². The van der Waals surface area contributed by atoms with Gasteiger partial charge in [-0.1, -0.05) is 48.0 Å². The van der Waals surface area contributed by atoms with E-state index in [1.54, 1.807) is 24.3 Å². The Morgan fingerprint density at radius 3 is 2.08 bits per heavy atom. The lowest BCUT2D eigenvalue weighted by Gasteiger charge is -2.09. The number of nitroso groups, excluding NO2 is 1. The average Bonchev–Trinajstić information content (AvgIpc) is 2.67. The Kier molecular flexibility index (Phi) is 5.54. The molecule has 0 atom stereocenters. The van der Waals surface area contributed by atoms with Gasteiger partial charge in [0.05, 0.1) is 12.1 Å². The highest BCUT2D eigenvalue weighted by molar-refractivity contribution is 6.33. The zero-order valence-corrected chi connectivity index (χ0v) is 15.0. The molecule has 132 valence electrons. The largest absolute Gasteiger partial charge is 0.508 e. The van der Waals surface area contributed by atoms with Crippen LogP contribution in [0.25, 0.3) is 11.1 Å². The molecule has 4 nitrogen and oxygen atoms in total. The Hall–Kier alpha value is -2.85. The Bertz CT molecular complexity index is 906. The molecule has 26 heavy (non-hydrogen) atoms. The monoisotopic (exact) mass is 367 g/mol. The summed E-state index contributed by atoms with van der Waals surface area (Å²) in [7, 11) is 1.49. The average molecular weight is 368 g/mol. The normalized spacial score (nSPS) is 10.5. The van der Waals surface area contributed by atoms with Crippen molar-refractivity contribution >= 4 is 17.3 Å². The molecule has 1 N–H and O–H groups in total. The van der Waals surface area contributed by atoms with Crippen molar-refractivity contribution in [1.29, 1.82) is 0 Å². The van der Waals surface area contributed by atoms with Crippen molar-refractivity contribution in [3.8, 4) is 22.6 Å². The van der Waals surface area contributed by atoms with Crippen LogP contribution in [0, 0.1) is 4.91 Å². The van der Waals surface area contributed by atoms with E-state index in [1.165, 1.54) is 12.7 Å². The van der Waals surface area contributed by atoms with Gasteiger partial charge in [-0.25, -0.2) is 0 Å². The predicted molar refractivity (Wildman–Crippen MR) is 104 cm³/mol. The molecule has 0 heterocycles. The molecule has 0 amide bonds. The molecule has 0 saturated carbocycles. The summed E-state index contributed by atoms with van der Waals surface area (Å²) in [5.74, 6) is 0.653. The van der Waals surface area contributed by atoms with Crippen molar-refractivity contribution in [2.24, 2.45) is 5.18 Å². The molecule has 0 aliphatic heterocycles. The SMILES string of the molecule is COc1cc(CCc2ccc(-c3ccc(O)cc3)cc2)cc(Cl)c1N=O. The van der Waals surface area contributed by atoms with Crippen molar-refractivity contribution < 1.29 is 9.84 Å². The maximum atomic E-state index is 10.8. The number of aryl methyl sites for hydroxylation is 2. The van der Waals surface area contributed by atoms with Crippen molar-refractivity contribution in [1.82, 2.24) is 0 Å². The van der Waals surface area contributed by atoms with Gasteiger partial charge in [0.15, 0.2) is 5.69 Å². The number of hydrogen-bond acceptors (Lipinski definition) is 4. The van der Waals surface area contributed by atoms with E-state index < -0.39 is 0 Å². The summed E-state index contributed by atoms with van der Waals surface area (Å²) in [6.45, 7) is 0. The second-order valence-electron chi connectivity index (χ2n) is 5.96. The first kappa shape index (κ1) is 18.0. The van der Waals surface area contributed by atoms with Gasteiger partial charge in [0.1, 0.15) is 11.5 Å². The van der Waals surface area contributed by atoms with E-state index in [2.05, 4.69) is 29.4 Å². The number of aromatic hydroxyl groups is 1. The summed E-state index contributed by atoms with van der Waals surface area (Å²) in [6.07, 6.45) is 1.61. The summed E-state index contributed by atoms with van der Waals surface area (Å²) < 4.78 is 5.19. The highest BCUT2D eigenvalue weighted by atomic mass is 35.5. The molecule has 0 fully saturated rings. The number of hydrogen-bond donors (Lipinski definition) is 1. The van der Waals surface area contributed by atoms with Crippen LogP contribution in [0.3, 0.4) is 0 Å². The topological polar surface area (TPSA) is 58.9 Å². The molecule has 3 aromatic carbocycles. The fourth-order valence-corrected chi connectivity index (χ4v) is 3.09. The second kappa shape index (κ2) is 8.02. The molecule has 5 heteroatoms. The Balaban J connectivity index is 1.71. The van der Waals surface area contributed by atoms with Crippen LogP contribution in [0.4, 0.5) is 5.69 Å². The number of methoxy groups -OCH3 is 1. The third-order valence-electron chi connectivity index (χ3n) is 4.26. The highest BCUT2D eigenvalue weighted by Crippen LogP contribution is 2.36. The van der Waals surface area contributed by atoms with Gasteiger partial charge >= 0.3 is 0 Å². The van der Waals surface area contributed by atoms with Gasteiger partial charge < -0.3 is 9.84 Å². The fraction of sp³-hybridized carbons (Fsp3) is 0.143. The van der Waals surface area contributed by atoms with E-state index in [0.29, 0.717) is 10.8 Å². The van der Waals surface area contributed by atoms with Crippen LogP contribution in [0.1, 0.15) is 11.1 Å². The zero-order chi connectivity index (χ0) is 18.5. The van der Waals surface area contributed by atoms with Crippen LogP contribution >= 0.6 is 11.6 Å². The summed E-state index contributed by atoms with van der Waals surface area (Å²) in [6, 6.07) is 19.0. The predicted octanol–water partition coefficient (Wildman–Crippen LogP) is 5.90. The van der Waals surface area contributed by atoms with E-state index in [-0.39, 0.29) is 11.4 Å². The smallest absolute Gasteiger partial charge is 0.168 e. The lowest BCUT2D eigenvalue weighted by molar-refractivity contribution is 0.415. The number of phenols is 1. The molecule has 0 aliphatic rings. The summed E-state index contributed by atoms with van der Waals surface area (Å²) in [5.41, 5.74) is 4.47. The van der Waals surface area contributed by atoms with Crippen LogP contribution in [0.5, 0.6) is 11.5 Å². The van der Waals surface area contributed by atoms with E-state index in [4.69, 9.17) is 16.3 Å². The fourth-order valence-electron chi connectivity index (χ4n) is 2.82. The molecule has 0 bridgehead atoms. The van der Waals surface area contributed by atoms with Crippen LogP contribution in [0.15, 0.2) is 65.8 Å². The maximum Gasteiger partial charge on any atom is 0.168 e. The Morgan fingerprint density at radius 1 is 0.923 bits per heavy atom. The summed E-state index contributed by atoms with van der Waals surface area (Å²) >= 11 is 6.10. The minimum absolute atomic E-state index is 0.135. The molecular formula is C21H18ClNO3. The molecular weight excluding hydrogens is 350 g/mol. The maximum absolute atomic E-state index is 10.8. The first-order valence-electron chi connectivity index (χ1n) is 8.19. The van der Waals surface area contributed by atoms with E-state index in [1.807, 2.05) is 12.1 Å². The molecule has 0 saturated heterocycles. The van der Waals surface area contributed by atoms with Crippen LogP contribution < -0.4 is 4.74 Å². The molecule has 0 aliphatic carbocycles. The van der Waals surface area contributed by atoms with Crippen molar-refractivity contribution in [3.05, 3.63) is 81.7 Å². The van der Waals surface area contributed by atoms with Gasteiger partial charge in [0.25, 0.3) is 0 Å². The zero-order valence-electron chi connectivity index (χ0n) is 14.3. The Morgan fingerprint density at radius 2 is 1.50 bits per heavy atom. The van der Waals surface area contributed by atoms with E-state index >= 15 is 0 Å². The first-order valence-corrected chi connectivity index (χ1v) is 8.56. The molecule has 0 spiro atoms. The van der Waals surface area contributed by atoms with E-state index in [9.17, 15) is 10.0 Å². The minimum Gasteiger partial charge on any atom is -0.508 e. The first-order chi connectivity index (χ1) is 12.6. The lowest BCUT2D eigenvalue weighted by Crippen LogP contribution is -1.94. The van der Waals surface area contributed by atoms with Crippen LogP contribution in [-0.4, -0.2) is 12.2 Å². The van der Waals surface area contributed by atoms with Gasteiger partial charge in [0.2, 0.25) is 0 Å². The van der Waals surface area contributed by atoms with Crippen molar-refractivity contribution in [3.63, 3.8) is 0 Å². The number of nitrogens with zero attached hydrogens (tertiary/aromatic N) is 1. The summed E-state index contributed by atoms with van der Waals surface area (Å²) in [4.78, 5) is 10.8. The molecule has 3 rings (SSSR count). The third kappa shape index (κ3) is 4.03. The molecule has 0 radical (unpaired) electrons. The lowest BCUT2D eigenvalue weighted by atomic mass is 10.00. The Labute approximate surface area is 157 Å². The quantitative estimate of drug-likeness (QED) is 0.551. The standard InChI is InChI=1S/C21H18ClNO3/c1-26-20-13-15(12-19(22)21(20)23-25)3-2-14-4-6-16(7-5-14)17-8-10-18(24)11-9-17/h4-13,24H,2-3H2,1H3. The van der Waals surface area contributed by atoms with Crippen molar-refractivity contribution in [2.45, 2.75) is 12.8 Å². The third-order valence-corrected chi connectivity index (χ3v) is 4.54. The van der Waals surface area contributed by atoms with Gasteiger partial charge in [-0.15, -0.1) is 4.91 Å². The van der Waals surface area contributed by atoms with Gasteiger partial charge in [0, 0.05) is 0 Å². The second-order valence-corrected chi connectivity index (χ2v) is 6.37. The molecule has 0 aromatic heterocycles. The van der Waals surface area contributed by atoms with E-state index in [0.717, 1.165) is 29.5 Å². The number of rotatable bonds is 6. The number of benzene rings is 3. The van der Waals surface area contributed by atoms with Gasteiger partial charge in [-0.3, -0.25) is 0 Å². The molecule has 3 aromatic rings. The summed E-state index contributed by atoms with van der Waals surface area (Å²) in [5, 5.41) is 12.6. The van der Waals surface area contributed by atoms with Crippen molar-refractivity contribution in [2.75, 3.05) is 7.11 Å². The van der Waals surface area contributed by atoms with Crippen LogP contribution in [0.2, 0.25) is 5.02 Å². The number of ether oxygens (including phenoxy) is 1. The minimum atomic E-state index is 0.135. The van der Waals surface area contributed by atoms with Gasteiger partial charge in [-0.05, 0) is 64.5 Å². The number of halogens is 1. The van der Waals surface area contributed by atoms with Gasteiger partial charge in [-0.2, -0.15) is 0 Å². The molecule has 0 unspecified atom stereocenters.